The molecule has 0 aliphatic heterocycles. The van der Waals surface area contributed by atoms with E-state index < -0.39 is 10.1 Å². The Morgan fingerprint density at radius 2 is 2.27 bits per heavy atom. The Balaban J connectivity index is 2.82. The van der Waals surface area contributed by atoms with Crippen LogP contribution in [0, 0.1) is 0 Å². The normalized spacial score (nSPS) is 11.0. The molecule has 0 spiro atoms. The van der Waals surface area contributed by atoms with E-state index in [0.29, 0.717) is 0 Å². The van der Waals surface area contributed by atoms with Crippen molar-refractivity contribution in [2.75, 3.05) is 6.26 Å². The molecule has 11 heavy (non-hydrogen) atoms. The van der Waals surface area contributed by atoms with Gasteiger partial charge in [-0.2, -0.15) is 8.42 Å². The molecular formula is C6H7NO3S. The molecule has 1 heterocycles. The lowest BCUT2D eigenvalue weighted by atomic mass is 10.5. The molecule has 0 aromatic carbocycles. The second-order valence-electron chi connectivity index (χ2n) is 1.98. The first-order valence-electron chi connectivity index (χ1n) is 2.87. The third-order valence-electron chi connectivity index (χ3n) is 0.882. The minimum absolute atomic E-state index is 0.231. The topological polar surface area (TPSA) is 56.3 Å². The van der Waals surface area contributed by atoms with Crippen LogP contribution in [0.5, 0.6) is 5.75 Å². The SMILES string of the molecule is CS(=O)(=O)Oc1cccnc1. The molecule has 0 radical (unpaired) electrons. The van der Waals surface area contributed by atoms with Crippen LogP contribution >= 0.6 is 0 Å². The predicted octanol–water partition coefficient (Wildman–Crippen LogP) is 0.420. The van der Waals surface area contributed by atoms with E-state index in [2.05, 4.69) is 9.17 Å². The summed E-state index contributed by atoms with van der Waals surface area (Å²) in [5.41, 5.74) is 0. The molecule has 0 bridgehead atoms. The molecule has 1 aromatic heterocycles. The standard InChI is InChI=1S/C6H7NO3S/c1-11(8,9)10-6-3-2-4-7-5-6/h2-5H,1H3. The van der Waals surface area contributed by atoms with Gasteiger partial charge in [-0.1, -0.05) is 0 Å². The van der Waals surface area contributed by atoms with Crippen molar-refractivity contribution in [1.29, 1.82) is 0 Å². The number of hydrogen-bond donors (Lipinski definition) is 0. The number of aromatic nitrogens is 1. The minimum atomic E-state index is -3.42. The predicted molar refractivity (Wildman–Crippen MR) is 39.7 cm³/mol. The first-order chi connectivity index (χ1) is 5.08. The Hall–Kier alpha value is -1.10. The van der Waals surface area contributed by atoms with Gasteiger partial charge in [0.25, 0.3) is 0 Å². The van der Waals surface area contributed by atoms with Crippen LogP contribution in [0.25, 0.3) is 0 Å². The fourth-order valence-electron chi connectivity index (χ4n) is 0.571. The molecule has 0 fully saturated rings. The molecule has 0 atom stereocenters. The summed E-state index contributed by atoms with van der Waals surface area (Å²) in [7, 11) is -3.42. The van der Waals surface area contributed by atoms with Crippen molar-refractivity contribution in [3.05, 3.63) is 24.5 Å². The summed E-state index contributed by atoms with van der Waals surface area (Å²) in [6.45, 7) is 0. The van der Waals surface area contributed by atoms with E-state index in [1.165, 1.54) is 18.5 Å². The van der Waals surface area contributed by atoms with Crippen LogP contribution in [0.2, 0.25) is 0 Å². The van der Waals surface area contributed by atoms with Crippen LogP contribution in [0.4, 0.5) is 0 Å². The van der Waals surface area contributed by atoms with Gasteiger partial charge in [0, 0.05) is 6.20 Å². The van der Waals surface area contributed by atoms with Gasteiger partial charge in [-0.25, -0.2) is 0 Å². The second-order valence-corrected chi connectivity index (χ2v) is 3.55. The third-order valence-corrected chi connectivity index (χ3v) is 1.38. The van der Waals surface area contributed by atoms with Crippen molar-refractivity contribution in [3.8, 4) is 5.75 Å². The summed E-state index contributed by atoms with van der Waals surface area (Å²) < 4.78 is 25.6. The molecule has 5 heteroatoms. The Labute approximate surface area is 65.0 Å². The van der Waals surface area contributed by atoms with Crippen molar-refractivity contribution >= 4 is 10.1 Å². The van der Waals surface area contributed by atoms with Crippen LogP contribution in [0.3, 0.4) is 0 Å². The molecule has 4 nitrogen and oxygen atoms in total. The highest BCUT2D eigenvalue weighted by Gasteiger charge is 2.01. The molecule has 0 aliphatic rings. The van der Waals surface area contributed by atoms with Crippen molar-refractivity contribution in [3.63, 3.8) is 0 Å². The Morgan fingerprint density at radius 1 is 1.55 bits per heavy atom. The van der Waals surface area contributed by atoms with Gasteiger partial charge in [0.2, 0.25) is 0 Å². The first-order valence-corrected chi connectivity index (χ1v) is 4.69. The van der Waals surface area contributed by atoms with Crippen LogP contribution in [-0.4, -0.2) is 19.7 Å². The van der Waals surface area contributed by atoms with Gasteiger partial charge in [-0.05, 0) is 12.1 Å². The summed E-state index contributed by atoms with van der Waals surface area (Å²) in [5, 5.41) is 0. The van der Waals surface area contributed by atoms with E-state index in [4.69, 9.17) is 0 Å². The van der Waals surface area contributed by atoms with Crippen molar-refractivity contribution in [2.45, 2.75) is 0 Å². The summed E-state index contributed by atoms with van der Waals surface area (Å²) in [6.07, 6.45) is 3.86. The number of hydrogen-bond acceptors (Lipinski definition) is 4. The quantitative estimate of drug-likeness (QED) is 0.608. The Kier molecular flexibility index (Phi) is 2.09. The van der Waals surface area contributed by atoms with Crippen molar-refractivity contribution in [2.24, 2.45) is 0 Å². The van der Waals surface area contributed by atoms with E-state index in [1.807, 2.05) is 0 Å². The van der Waals surface area contributed by atoms with E-state index in [9.17, 15) is 8.42 Å². The lowest BCUT2D eigenvalue weighted by molar-refractivity contribution is 0.492. The van der Waals surface area contributed by atoms with E-state index >= 15 is 0 Å². The highest BCUT2D eigenvalue weighted by atomic mass is 32.2. The van der Waals surface area contributed by atoms with Crippen LogP contribution in [0.15, 0.2) is 24.5 Å². The molecule has 60 valence electrons. The molecule has 0 N–H and O–H groups in total. The monoisotopic (exact) mass is 173 g/mol. The van der Waals surface area contributed by atoms with Crippen molar-refractivity contribution < 1.29 is 12.6 Å². The Morgan fingerprint density at radius 3 is 2.73 bits per heavy atom. The van der Waals surface area contributed by atoms with E-state index in [-0.39, 0.29) is 5.75 Å². The largest absolute Gasteiger partial charge is 0.381 e. The van der Waals surface area contributed by atoms with Gasteiger partial charge in [0.05, 0.1) is 12.5 Å². The zero-order chi connectivity index (χ0) is 8.32. The fraction of sp³-hybridized carbons (Fsp3) is 0.167. The second kappa shape index (κ2) is 2.87. The summed E-state index contributed by atoms with van der Waals surface area (Å²) in [4.78, 5) is 3.68. The van der Waals surface area contributed by atoms with Gasteiger partial charge >= 0.3 is 10.1 Å². The lowest BCUT2D eigenvalue weighted by Gasteiger charge is -1.99. The van der Waals surface area contributed by atoms with Gasteiger partial charge in [-0.15, -0.1) is 0 Å². The van der Waals surface area contributed by atoms with Crippen molar-refractivity contribution in [1.82, 2.24) is 4.98 Å². The number of nitrogens with zero attached hydrogens (tertiary/aromatic N) is 1. The maximum absolute atomic E-state index is 10.6. The summed E-state index contributed by atoms with van der Waals surface area (Å²) in [5.74, 6) is 0.231. The van der Waals surface area contributed by atoms with Crippen LogP contribution in [0.1, 0.15) is 0 Å². The Bertz CT molecular complexity index is 319. The lowest BCUT2D eigenvalue weighted by Crippen LogP contribution is -2.05. The van der Waals surface area contributed by atoms with Crippen LogP contribution < -0.4 is 4.18 Å². The number of rotatable bonds is 2. The van der Waals surface area contributed by atoms with Gasteiger partial charge in [-0.3, -0.25) is 4.98 Å². The van der Waals surface area contributed by atoms with E-state index in [0.717, 1.165) is 6.26 Å². The molecule has 0 saturated heterocycles. The highest BCUT2D eigenvalue weighted by Crippen LogP contribution is 2.07. The molecule has 0 aliphatic carbocycles. The van der Waals surface area contributed by atoms with E-state index in [1.54, 1.807) is 6.07 Å². The molecule has 0 amide bonds. The average Bonchev–Trinajstić information content (AvgIpc) is 1.85. The molecule has 0 unspecified atom stereocenters. The molecular weight excluding hydrogens is 166 g/mol. The molecule has 1 rings (SSSR count). The summed E-state index contributed by atoms with van der Waals surface area (Å²) in [6, 6.07) is 3.12. The zero-order valence-electron chi connectivity index (χ0n) is 5.89. The first kappa shape index (κ1) is 8.00. The summed E-state index contributed by atoms with van der Waals surface area (Å²) >= 11 is 0. The highest BCUT2D eigenvalue weighted by molar-refractivity contribution is 7.86. The average molecular weight is 173 g/mol. The molecule has 1 aromatic rings. The smallest absolute Gasteiger partial charge is 0.306 e. The van der Waals surface area contributed by atoms with Crippen LogP contribution in [-0.2, 0) is 10.1 Å². The zero-order valence-corrected chi connectivity index (χ0v) is 6.71. The number of pyridine rings is 1. The van der Waals surface area contributed by atoms with Gasteiger partial charge in [0.15, 0.2) is 5.75 Å². The third kappa shape index (κ3) is 2.99. The minimum Gasteiger partial charge on any atom is -0.381 e. The van der Waals surface area contributed by atoms with Gasteiger partial charge < -0.3 is 4.18 Å². The molecule has 0 saturated carbocycles. The maximum Gasteiger partial charge on any atom is 0.306 e. The fourth-order valence-corrected chi connectivity index (χ4v) is 1.02. The maximum atomic E-state index is 10.6. The van der Waals surface area contributed by atoms with Gasteiger partial charge in [0.1, 0.15) is 0 Å².